The van der Waals surface area contributed by atoms with E-state index in [1.807, 2.05) is 24.3 Å². The number of benzene rings is 1. The Morgan fingerprint density at radius 3 is 2.61 bits per heavy atom. The summed E-state index contributed by atoms with van der Waals surface area (Å²) in [5.74, 6) is 0.816. The lowest BCUT2D eigenvalue weighted by atomic mass is 10.2. The highest BCUT2D eigenvalue weighted by Crippen LogP contribution is 2.10. The van der Waals surface area contributed by atoms with Crippen LogP contribution in [0.15, 0.2) is 24.3 Å². The van der Waals surface area contributed by atoms with Crippen molar-refractivity contribution in [3.8, 4) is 5.75 Å². The number of methoxy groups -OCH3 is 1. The highest BCUT2D eigenvalue weighted by Gasteiger charge is 2.05. The van der Waals surface area contributed by atoms with Crippen molar-refractivity contribution in [3.63, 3.8) is 0 Å². The Morgan fingerprint density at radius 2 is 2.06 bits per heavy atom. The maximum Gasteiger partial charge on any atom is 0.431 e. The van der Waals surface area contributed by atoms with Gasteiger partial charge in [-0.15, -0.1) is 0 Å². The summed E-state index contributed by atoms with van der Waals surface area (Å²) in [6.07, 6.45) is -0.774. The third-order valence-electron chi connectivity index (χ3n) is 2.43. The molecule has 6 heteroatoms. The van der Waals surface area contributed by atoms with Crippen molar-refractivity contribution >= 4 is 6.09 Å². The molecule has 100 valence electrons. The van der Waals surface area contributed by atoms with Crippen LogP contribution < -0.4 is 10.1 Å². The smallest absolute Gasteiger partial charge is 0.431 e. The van der Waals surface area contributed by atoms with Gasteiger partial charge in [0.05, 0.1) is 13.7 Å². The second kappa shape index (κ2) is 7.52. The Balaban J connectivity index is 2.15. The van der Waals surface area contributed by atoms with Crippen LogP contribution in [-0.2, 0) is 6.54 Å². The first-order chi connectivity index (χ1) is 8.63. The van der Waals surface area contributed by atoms with Crippen molar-refractivity contribution in [1.29, 1.82) is 0 Å². The van der Waals surface area contributed by atoms with Gasteiger partial charge in [-0.3, -0.25) is 5.21 Å². The molecule has 0 spiro atoms. The molecule has 0 aliphatic heterocycles. The first-order valence-corrected chi connectivity index (χ1v) is 5.66. The summed E-state index contributed by atoms with van der Waals surface area (Å²) < 4.78 is 5.05. The predicted octanol–water partition coefficient (Wildman–Crippen LogP) is 1.54. The molecule has 1 aromatic carbocycles. The molecule has 3 N–H and O–H groups in total. The SMILES string of the molecule is COc1ccc(CNCCCN(O)C(=O)O)cc1. The maximum atomic E-state index is 10.3. The fourth-order valence-electron chi connectivity index (χ4n) is 1.43. The first-order valence-electron chi connectivity index (χ1n) is 5.66. The van der Waals surface area contributed by atoms with Gasteiger partial charge >= 0.3 is 6.09 Å². The van der Waals surface area contributed by atoms with Gasteiger partial charge in [0.25, 0.3) is 0 Å². The zero-order valence-corrected chi connectivity index (χ0v) is 10.3. The van der Waals surface area contributed by atoms with E-state index in [-0.39, 0.29) is 11.6 Å². The summed E-state index contributed by atoms with van der Waals surface area (Å²) in [5.41, 5.74) is 1.12. The summed E-state index contributed by atoms with van der Waals surface area (Å²) in [4.78, 5) is 10.3. The van der Waals surface area contributed by atoms with Crippen LogP contribution in [-0.4, -0.2) is 41.7 Å². The molecule has 0 fully saturated rings. The number of carboxylic acid groups (broad SMARTS) is 1. The molecule has 0 heterocycles. The Morgan fingerprint density at radius 1 is 1.39 bits per heavy atom. The van der Waals surface area contributed by atoms with Crippen molar-refractivity contribution in [2.24, 2.45) is 0 Å². The van der Waals surface area contributed by atoms with E-state index in [1.54, 1.807) is 7.11 Å². The van der Waals surface area contributed by atoms with Gasteiger partial charge in [0, 0.05) is 6.54 Å². The Kier molecular flexibility index (Phi) is 5.96. The summed E-state index contributed by atoms with van der Waals surface area (Å²) in [6.45, 7) is 1.43. The minimum absolute atomic E-state index is 0.102. The van der Waals surface area contributed by atoms with Crippen LogP contribution in [0.3, 0.4) is 0 Å². The zero-order chi connectivity index (χ0) is 13.4. The van der Waals surface area contributed by atoms with E-state index in [2.05, 4.69) is 5.32 Å². The molecule has 0 atom stereocenters. The van der Waals surface area contributed by atoms with E-state index < -0.39 is 6.09 Å². The van der Waals surface area contributed by atoms with Gasteiger partial charge in [-0.25, -0.2) is 4.79 Å². The normalized spacial score (nSPS) is 10.1. The van der Waals surface area contributed by atoms with Crippen molar-refractivity contribution in [3.05, 3.63) is 29.8 Å². The lowest BCUT2D eigenvalue weighted by molar-refractivity contribution is -0.0640. The van der Waals surface area contributed by atoms with E-state index in [9.17, 15) is 4.79 Å². The molecular formula is C12H18N2O4. The number of hydrogen-bond donors (Lipinski definition) is 3. The number of carbonyl (C=O) groups is 1. The average Bonchev–Trinajstić information content (AvgIpc) is 2.38. The molecule has 6 nitrogen and oxygen atoms in total. The Bertz CT molecular complexity index is 367. The molecule has 0 radical (unpaired) electrons. The maximum absolute atomic E-state index is 10.3. The monoisotopic (exact) mass is 254 g/mol. The van der Waals surface area contributed by atoms with Crippen LogP contribution in [0.2, 0.25) is 0 Å². The van der Waals surface area contributed by atoms with Gasteiger partial charge < -0.3 is 15.2 Å². The number of ether oxygens (including phenoxy) is 1. The van der Waals surface area contributed by atoms with Gasteiger partial charge in [-0.1, -0.05) is 12.1 Å². The number of hydrogen-bond acceptors (Lipinski definition) is 4. The van der Waals surface area contributed by atoms with Crippen LogP contribution in [0, 0.1) is 0 Å². The van der Waals surface area contributed by atoms with Gasteiger partial charge in [0.15, 0.2) is 0 Å². The van der Waals surface area contributed by atoms with E-state index >= 15 is 0 Å². The molecule has 0 saturated carbocycles. The minimum atomic E-state index is -1.33. The van der Waals surface area contributed by atoms with Crippen LogP contribution in [0.4, 0.5) is 4.79 Å². The van der Waals surface area contributed by atoms with Crippen molar-refractivity contribution < 1.29 is 19.8 Å². The molecule has 18 heavy (non-hydrogen) atoms. The van der Waals surface area contributed by atoms with E-state index in [0.29, 0.717) is 19.5 Å². The summed E-state index contributed by atoms with van der Waals surface area (Å²) in [7, 11) is 1.62. The highest BCUT2D eigenvalue weighted by molar-refractivity contribution is 5.63. The van der Waals surface area contributed by atoms with Crippen LogP contribution in [0.1, 0.15) is 12.0 Å². The Labute approximate surface area is 106 Å². The fraction of sp³-hybridized carbons (Fsp3) is 0.417. The van der Waals surface area contributed by atoms with E-state index in [4.69, 9.17) is 15.1 Å². The zero-order valence-electron chi connectivity index (χ0n) is 10.3. The topological polar surface area (TPSA) is 82.0 Å². The van der Waals surface area contributed by atoms with E-state index in [1.165, 1.54) is 0 Å². The molecule has 0 aliphatic carbocycles. The summed E-state index contributed by atoms with van der Waals surface area (Å²) >= 11 is 0. The first kappa shape index (κ1) is 14.3. The van der Waals surface area contributed by atoms with Crippen molar-refractivity contribution in [2.75, 3.05) is 20.2 Å². The lowest BCUT2D eigenvalue weighted by Gasteiger charge is -2.10. The second-order valence-corrected chi connectivity index (χ2v) is 3.78. The molecule has 0 unspecified atom stereocenters. The number of rotatable bonds is 7. The number of nitrogens with zero attached hydrogens (tertiary/aromatic N) is 1. The van der Waals surface area contributed by atoms with Crippen molar-refractivity contribution in [1.82, 2.24) is 10.4 Å². The predicted molar refractivity (Wildman–Crippen MR) is 65.8 cm³/mol. The minimum Gasteiger partial charge on any atom is -0.497 e. The number of hydroxylamine groups is 2. The Hall–Kier alpha value is -1.79. The molecule has 1 rings (SSSR count). The quantitative estimate of drug-likeness (QED) is 0.390. The van der Waals surface area contributed by atoms with Gasteiger partial charge in [-0.05, 0) is 30.7 Å². The lowest BCUT2D eigenvalue weighted by Crippen LogP contribution is -2.28. The molecule has 0 bridgehead atoms. The number of nitrogens with one attached hydrogen (secondary N) is 1. The molecule has 0 aromatic heterocycles. The van der Waals surface area contributed by atoms with Gasteiger partial charge in [0.2, 0.25) is 0 Å². The average molecular weight is 254 g/mol. The summed E-state index contributed by atoms with van der Waals surface area (Å²) in [5, 5.41) is 20.8. The fourth-order valence-corrected chi connectivity index (χ4v) is 1.43. The van der Waals surface area contributed by atoms with Crippen LogP contribution >= 0.6 is 0 Å². The van der Waals surface area contributed by atoms with Crippen molar-refractivity contribution in [2.45, 2.75) is 13.0 Å². The number of amides is 1. The highest BCUT2D eigenvalue weighted by atomic mass is 16.6. The molecule has 0 saturated heterocycles. The second-order valence-electron chi connectivity index (χ2n) is 3.78. The molecule has 1 aromatic rings. The van der Waals surface area contributed by atoms with E-state index in [0.717, 1.165) is 11.3 Å². The van der Waals surface area contributed by atoms with Gasteiger partial charge in [0.1, 0.15) is 5.75 Å². The van der Waals surface area contributed by atoms with Gasteiger partial charge in [-0.2, -0.15) is 5.06 Å². The summed E-state index contributed by atoms with van der Waals surface area (Å²) in [6, 6.07) is 7.69. The standard InChI is InChI=1S/C12H18N2O4/c1-18-11-5-3-10(4-6-11)9-13-7-2-8-14(17)12(15)16/h3-6,13,17H,2,7-9H2,1H3,(H,15,16). The molecular weight excluding hydrogens is 236 g/mol. The molecule has 0 aliphatic rings. The molecule has 1 amide bonds. The third kappa shape index (κ3) is 5.03. The largest absolute Gasteiger partial charge is 0.497 e. The third-order valence-corrected chi connectivity index (χ3v) is 2.43. The van der Waals surface area contributed by atoms with Crippen LogP contribution in [0.25, 0.3) is 0 Å². The van der Waals surface area contributed by atoms with Crippen LogP contribution in [0.5, 0.6) is 5.75 Å².